The van der Waals surface area contributed by atoms with Crippen LogP contribution in [0.5, 0.6) is 0 Å². The normalized spacial score (nSPS) is 20.4. The van der Waals surface area contributed by atoms with E-state index in [1.807, 2.05) is 13.1 Å². The molecule has 1 fully saturated rings. The molecule has 0 saturated heterocycles. The van der Waals surface area contributed by atoms with E-state index in [-0.39, 0.29) is 6.03 Å². The topological polar surface area (TPSA) is 59.0 Å². The fraction of sp³-hybridized carbons (Fsp3) is 0.333. The molecule has 0 aliphatic heterocycles. The maximum atomic E-state index is 11.7. The Morgan fingerprint density at radius 3 is 2.90 bits per heavy atom. The molecular weight excluding hydrogens is 252 g/mol. The molecule has 1 aliphatic rings. The number of carbonyl (C=O) groups is 1. The first kappa shape index (κ1) is 12.7. The number of amides is 2. The third-order valence-corrected chi connectivity index (χ3v) is 3.64. The molecule has 1 aromatic heterocycles. The minimum absolute atomic E-state index is 0.170. The van der Waals surface area contributed by atoms with Crippen LogP contribution >= 0.6 is 0 Å². The number of anilines is 1. The second-order valence-corrected chi connectivity index (χ2v) is 5.25. The summed E-state index contributed by atoms with van der Waals surface area (Å²) in [4.78, 5) is 11.7. The monoisotopic (exact) mass is 270 g/mol. The van der Waals surface area contributed by atoms with Crippen molar-refractivity contribution in [1.29, 1.82) is 0 Å². The summed E-state index contributed by atoms with van der Waals surface area (Å²) >= 11 is 0. The molecule has 2 N–H and O–H groups in total. The van der Waals surface area contributed by atoms with Crippen LogP contribution in [-0.2, 0) is 7.05 Å². The maximum absolute atomic E-state index is 11.7. The van der Waals surface area contributed by atoms with Crippen molar-refractivity contribution in [3.05, 3.63) is 48.3 Å². The van der Waals surface area contributed by atoms with Gasteiger partial charge < -0.3 is 10.6 Å². The molecular formula is C15H18N4O. The van der Waals surface area contributed by atoms with Crippen molar-refractivity contribution in [3.63, 3.8) is 0 Å². The second kappa shape index (κ2) is 5.36. The summed E-state index contributed by atoms with van der Waals surface area (Å²) in [7, 11) is 1.82. The minimum Gasteiger partial charge on any atom is -0.338 e. The third-order valence-electron chi connectivity index (χ3n) is 3.64. The van der Waals surface area contributed by atoms with E-state index in [2.05, 4.69) is 40.0 Å². The van der Waals surface area contributed by atoms with Crippen molar-refractivity contribution in [1.82, 2.24) is 15.1 Å². The van der Waals surface area contributed by atoms with E-state index in [4.69, 9.17) is 0 Å². The van der Waals surface area contributed by atoms with Gasteiger partial charge >= 0.3 is 6.03 Å². The summed E-state index contributed by atoms with van der Waals surface area (Å²) in [5, 5.41) is 9.69. The molecule has 2 amide bonds. The number of aryl methyl sites for hydroxylation is 1. The molecule has 0 spiro atoms. The number of benzene rings is 1. The predicted octanol–water partition coefficient (Wildman–Crippen LogP) is 2.35. The lowest BCUT2D eigenvalue weighted by molar-refractivity contribution is 0.251. The first-order valence-electron chi connectivity index (χ1n) is 6.81. The average Bonchev–Trinajstić information content (AvgIpc) is 3.13. The fourth-order valence-corrected chi connectivity index (χ4v) is 2.47. The zero-order valence-corrected chi connectivity index (χ0v) is 11.4. The molecule has 5 nitrogen and oxygen atoms in total. The lowest BCUT2D eigenvalue weighted by atomic mass is 10.1. The van der Waals surface area contributed by atoms with Crippen LogP contribution in [0.2, 0.25) is 0 Å². The van der Waals surface area contributed by atoms with E-state index < -0.39 is 0 Å². The molecule has 3 rings (SSSR count). The Kier molecular flexibility index (Phi) is 3.41. The van der Waals surface area contributed by atoms with Crippen LogP contribution in [-0.4, -0.2) is 22.4 Å². The molecule has 5 heteroatoms. The Bertz CT molecular complexity index is 593. The van der Waals surface area contributed by atoms with Gasteiger partial charge in [0.05, 0.1) is 11.9 Å². The largest absolute Gasteiger partial charge is 0.338 e. The van der Waals surface area contributed by atoms with Gasteiger partial charge in [0.1, 0.15) is 0 Å². The highest BCUT2D eigenvalue weighted by molar-refractivity contribution is 5.88. The van der Waals surface area contributed by atoms with Crippen LogP contribution in [0.25, 0.3) is 0 Å². The minimum atomic E-state index is -0.170. The van der Waals surface area contributed by atoms with Crippen LogP contribution in [0.3, 0.4) is 0 Å². The number of aromatic nitrogens is 2. The standard InChI is InChI=1S/C15H18N4O/c1-19-10-13(9-17-19)18-15(20)16-8-12-7-14(12)11-5-3-2-4-6-11/h2-6,9-10,12,14H,7-8H2,1H3,(H2,16,18,20)/t12-,14-/m1/s1. The van der Waals surface area contributed by atoms with Gasteiger partial charge in [0.25, 0.3) is 0 Å². The highest BCUT2D eigenvalue weighted by atomic mass is 16.2. The lowest BCUT2D eigenvalue weighted by Crippen LogP contribution is -2.30. The van der Waals surface area contributed by atoms with Gasteiger partial charge in [-0.25, -0.2) is 4.79 Å². The summed E-state index contributed by atoms with van der Waals surface area (Å²) in [5.74, 6) is 1.15. The maximum Gasteiger partial charge on any atom is 0.319 e. The van der Waals surface area contributed by atoms with E-state index in [9.17, 15) is 4.79 Å². The molecule has 1 saturated carbocycles. The highest BCUT2D eigenvalue weighted by Crippen LogP contribution is 2.46. The van der Waals surface area contributed by atoms with E-state index in [1.54, 1.807) is 17.1 Å². The Balaban J connectivity index is 1.44. The fourth-order valence-electron chi connectivity index (χ4n) is 2.47. The number of urea groups is 1. The van der Waals surface area contributed by atoms with Crippen LogP contribution in [0.15, 0.2) is 42.7 Å². The second-order valence-electron chi connectivity index (χ2n) is 5.25. The Morgan fingerprint density at radius 2 is 2.20 bits per heavy atom. The van der Waals surface area contributed by atoms with Crippen LogP contribution in [0.4, 0.5) is 10.5 Å². The average molecular weight is 270 g/mol. The molecule has 0 unspecified atom stereocenters. The molecule has 2 atom stereocenters. The van der Waals surface area contributed by atoms with Gasteiger partial charge in [0, 0.05) is 19.8 Å². The van der Waals surface area contributed by atoms with Crippen LogP contribution in [0, 0.1) is 5.92 Å². The first-order valence-corrected chi connectivity index (χ1v) is 6.81. The number of nitrogens with zero attached hydrogens (tertiary/aromatic N) is 2. The van der Waals surface area contributed by atoms with Gasteiger partial charge in [-0.1, -0.05) is 30.3 Å². The number of hydrogen-bond donors (Lipinski definition) is 2. The van der Waals surface area contributed by atoms with Gasteiger partial charge in [-0.05, 0) is 23.8 Å². The number of rotatable bonds is 4. The first-order chi connectivity index (χ1) is 9.72. The summed E-state index contributed by atoms with van der Waals surface area (Å²) in [5.41, 5.74) is 2.08. The Morgan fingerprint density at radius 1 is 1.40 bits per heavy atom. The predicted molar refractivity (Wildman–Crippen MR) is 77.5 cm³/mol. The van der Waals surface area contributed by atoms with Crippen molar-refractivity contribution in [2.45, 2.75) is 12.3 Å². The molecule has 0 radical (unpaired) electrons. The van der Waals surface area contributed by atoms with Crippen LogP contribution < -0.4 is 10.6 Å². The van der Waals surface area contributed by atoms with E-state index in [1.165, 1.54) is 5.56 Å². The van der Waals surface area contributed by atoms with Crippen molar-refractivity contribution in [2.75, 3.05) is 11.9 Å². The van der Waals surface area contributed by atoms with E-state index in [0.29, 0.717) is 24.1 Å². The SMILES string of the molecule is Cn1cc(NC(=O)NC[C@H]2C[C@@H]2c2ccccc2)cn1. The number of hydrogen-bond acceptors (Lipinski definition) is 2. The van der Waals surface area contributed by atoms with E-state index in [0.717, 1.165) is 6.42 Å². The molecule has 0 bridgehead atoms. The summed E-state index contributed by atoms with van der Waals surface area (Å²) in [6.07, 6.45) is 4.55. The summed E-state index contributed by atoms with van der Waals surface area (Å²) < 4.78 is 1.65. The van der Waals surface area contributed by atoms with Crippen molar-refractivity contribution in [3.8, 4) is 0 Å². The van der Waals surface area contributed by atoms with Crippen molar-refractivity contribution < 1.29 is 4.79 Å². The van der Waals surface area contributed by atoms with Gasteiger partial charge in [0.2, 0.25) is 0 Å². The zero-order chi connectivity index (χ0) is 13.9. The van der Waals surface area contributed by atoms with Crippen LogP contribution in [0.1, 0.15) is 17.9 Å². The Labute approximate surface area is 118 Å². The van der Waals surface area contributed by atoms with Gasteiger partial charge in [-0.2, -0.15) is 5.10 Å². The molecule has 2 aromatic rings. The summed E-state index contributed by atoms with van der Waals surface area (Å²) in [6, 6.07) is 10.3. The molecule has 1 aromatic carbocycles. The number of nitrogens with one attached hydrogen (secondary N) is 2. The van der Waals surface area contributed by atoms with Gasteiger partial charge in [0.15, 0.2) is 0 Å². The molecule has 1 aliphatic carbocycles. The van der Waals surface area contributed by atoms with Crippen molar-refractivity contribution in [2.24, 2.45) is 13.0 Å². The number of carbonyl (C=O) groups excluding carboxylic acids is 1. The molecule has 20 heavy (non-hydrogen) atoms. The zero-order valence-electron chi connectivity index (χ0n) is 11.4. The Hall–Kier alpha value is -2.30. The highest BCUT2D eigenvalue weighted by Gasteiger charge is 2.37. The third kappa shape index (κ3) is 2.99. The van der Waals surface area contributed by atoms with Gasteiger partial charge in [-0.3, -0.25) is 4.68 Å². The smallest absolute Gasteiger partial charge is 0.319 e. The quantitative estimate of drug-likeness (QED) is 0.896. The summed E-state index contributed by atoms with van der Waals surface area (Å²) in [6.45, 7) is 0.714. The van der Waals surface area contributed by atoms with Gasteiger partial charge in [-0.15, -0.1) is 0 Å². The molecule has 104 valence electrons. The molecule has 1 heterocycles. The lowest BCUT2D eigenvalue weighted by Gasteiger charge is -2.05. The van der Waals surface area contributed by atoms with Crippen molar-refractivity contribution >= 4 is 11.7 Å². The van der Waals surface area contributed by atoms with E-state index >= 15 is 0 Å².